The molecule has 0 radical (unpaired) electrons. The van der Waals surface area contributed by atoms with Crippen LogP contribution in [0.3, 0.4) is 0 Å². The van der Waals surface area contributed by atoms with Crippen LogP contribution in [0.15, 0.2) is 15.3 Å². The molecular formula is C34H35NO13. The maximum absolute atomic E-state index is 14.2. The Morgan fingerprint density at radius 1 is 1.02 bits per heavy atom. The van der Waals surface area contributed by atoms with Gasteiger partial charge in [0, 0.05) is 48.9 Å². The first-order valence-corrected chi connectivity index (χ1v) is 16.3. The summed E-state index contributed by atoms with van der Waals surface area (Å²) in [7, 11) is 0. The van der Waals surface area contributed by atoms with Crippen LogP contribution in [-0.4, -0.2) is 86.6 Å². The van der Waals surface area contributed by atoms with Crippen LogP contribution < -0.4 is 10.2 Å². The zero-order valence-corrected chi connectivity index (χ0v) is 26.2. The van der Waals surface area contributed by atoms with E-state index in [-0.39, 0.29) is 70.1 Å². The number of aromatic hydroxyl groups is 2. The summed E-state index contributed by atoms with van der Waals surface area (Å²) in [5.41, 5.74) is -0.0844. The first kappa shape index (κ1) is 30.3. The minimum absolute atomic E-state index is 0.0765. The Kier molecular flexibility index (Phi) is 6.55. The third kappa shape index (κ3) is 4.05. The molecule has 5 N–H and O–H groups in total. The van der Waals surface area contributed by atoms with Gasteiger partial charge in [-0.3, -0.25) is 9.59 Å². The minimum Gasteiger partial charge on any atom is -0.506 e. The Balaban J connectivity index is 1.20. The lowest BCUT2D eigenvalue weighted by molar-refractivity contribution is -0.253. The number of phenolic OH excluding ortho intramolecular Hbond substituents is 2. The van der Waals surface area contributed by atoms with E-state index in [1.54, 1.807) is 11.8 Å². The monoisotopic (exact) mass is 665 g/mol. The Morgan fingerprint density at radius 2 is 1.83 bits per heavy atom. The van der Waals surface area contributed by atoms with Gasteiger partial charge in [-0.15, -0.1) is 0 Å². The number of amides is 1. The van der Waals surface area contributed by atoms with Gasteiger partial charge in [-0.05, 0) is 31.4 Å². The van der Waals surface area contributed by atoms with Gasteiger partial charge in [-0.2, -0.15) is 0 Å². The van der Waals surface area contributed by atoms with Crippen LogP contribution in [0.4, 0.5) is 0 Å². The first-order chi connectivity index (χ1) is 23.0. The largest absolute Gasteiger partial charge is 0.506 e. The Hall–Kier alpha value is -3.76. The highest BCUT2D eigenvalue weighted by Crippen LogP contribution is 2.58. The molecule has 254 valence electrons. The normalized spacial score (nSPS) is 33.4. The van der Waals surface area contributed by atoms with Gasteiger partial charge in [-0.25, -0.2) is 0 Å². The second-order valence-corrected chi connectivity index (χ2v) is 13.7. The molecular weight excluding hydrogens is 630 g/mol. The Labute approximate surface area is 272 Å². The molecule has 8 atom stereocenters. The van der Waals surface area contributed by atoms with Crippen molar-refractivity contribution in [3.63, 3.8) is 0 Å². The van der Waals surface area contributed by atoms with Gasteiger partial charge in [0.05, 0.1) is 48.3 Å². The van der Waals surface area contributed by atoms with Crippen molar-refractivity contribution in [1.29, 1.82) is 0 Å². The molecule has 2 aromatic carbocycles. The predicted octanol–water partition coefficient (Wildman–Crippen LogP) is 2.32. The molecule has 2 saturated heterocycles. The van der Waals surface area contributed by atoms with Gasteiger partial charge >= 0.3 is 0 Å². The summed E-state index contributed by atoms with van der Waals surface area (Å²) < 4.78 is 35.7. The fourth-order valence-corrected chi connectivity index (χ4v) is 8.51. The van der Waals surface area contributed by atoms with E-state index >= 15 is 0 Å². The topological polar surface area (TPSA) is 198 Å². The van der Waals surface area contributed by atoms with Crippen molar-refractivity contribution in [2.75, 3.05) is 19.9 Å². The van der Waals surface area contributed by atoms with Gasteiger partial charge in [-0.1, -0.05) is 6.07 Å². The van der Waals surface area contributed by atoms with Crippen LogP contribution in [0.2, 0.25) is 0 Å². The third-order valence-corrected chi connectivity index (χ3v) is 10.9. The van der Waals surface area contributed by atoms with E-state index in [9.17, 15) is 35.1 Å². The molecule has 3 aromatic rings. The number of hydrogen-bond donors (Lipinski definition) is 5. The molecule has 2 fully saturated rings. The second-order valence-electron chi connectivity index (χ2n) is 13.7. The standard InChI is InChI=1S/C34H35NO13/c1-12-15(36)3-4-19(46-12)47-18-9-16(37)22-28(40)25-29(41)24-20-13(7-14-10-34(2)35(5-6-45-34)33(42)21(14)27(20)39)8-17-23(24)31(44-11-43-17)32(25)48-30(22)26(18)38/h7,12,15-19,26,36-39,41H,3-6,8-11H2,1-2H3/t12-,15+,16+,17-,18-,19+,26+,34-/m1/s1. The van der Waals surface area contributed by atoms with Crippen molar-refractivity contribution < 1.29 is 58.4 Å². The quantitative estimate of drug-likeness (QED) is 0.268. The van der Waals surface area contributed by atoms with E-state index in [0.29, 0.717) is 49.1 Å². The summed E-state index contributed by atoms with van der Waals surface area (Å²) in [5, 5.41) is 56.1. The lowest BCUT2D eigenvalue weighted by Crippen LogP contribution is -2.51. The molecule has 9 rings (SSSR count). The van der Waals surface area contributed by atoms with E-state index < -0.39 is 65.7 Å². The summed E-state index contributed by atoms with van der Waals surface area (Å²) in [6.07, 6.45) is -5.18. The maximum atomic E-state index is 14.2. The van der Waals surface area contributed by atoms with Crippen molar-refractivity contribution in [2.24, 2.45) is 0 Å². The number of benzene rings is 2. The van der Waals surface area contributed by atoms with Crippen LogP contribution >= 0.6 is 0 Å². The van der Waals surface area contributed by atoms with E-state index in [1.165, 1.54) is 0 Å². The smallest absolute Gasteiger partial charge is 0.260 e. The summed E-state index contributed by atoms with van der Waals surface area (Å²) in [4.78, 5) is 29.5. The van der Waals surface area contributed by atoms with E-state index in [4.69, 9.17) is 28.1 Å². The summed E-state index contributed by atoms with van der Waals surface area (Å²) in [6, 6.07) is 1.82. The molecule has 2 aliphatic carbocycles. The number of aliphatic hydroxyl groups excluding tert-OH is 3. The molecule has 48 heavy (non-hydrogen) atoms. The number of aliphatic hydroxyl groups is 3. The van der Waals surface area contributed by atoms with Crippen LogP contribution in [0.5, 0.6) is 17.2 Å². The van der Waals surface area contributed by atoms with E-state index in [0.717, 1.165) is 0 Å². The van der Waals surface area contributed by atoms with Crippen molar-refractivity contribution in [3.05, 3.63) is 49.9 Å². The highest BCUT2D eigenvalue weighted by atomic mass is 16.7. The molecule has 1 aromatic heterocycles. The third-order valence-electron chi connectivity index (χ3n) is 10.9. The van der Waals surface area contributed by atoms with Gasteiger partial charge < -0.3 is 58.5 Å². The predicted molar refractivity (Wildman–Crippen MR) is 162 cm³/mol. The SMILES string of the molecule is C[C@H]1O[C@@H](O[C@@H]2C[C@H](O)c3c(oc4c5c6c(c(O)c4c3=O)-c3c(cc4c(c3O)C(=O)N3CCO[C@]3(C)C4)C[C@H]6OCO5)[C@H]2O)CC[C@@H]1O. The zero-order chi connectivity index (χ0) is 33.4. The molecule has 5 heterocycles. The van der Waals surface area contributed by atoms with E-state index in [2.05, 4.69) is 0 Å². The maximum Gasteiger partial charge on any atom is 0.260 e. The Morgan fingerprint density at radius 3 is 2.62 bits per heavy atom. The molecule has 4 aliphatic heterocycles. The summed E-state index contributed by atoms with van der Waals surface area (Å²) >= 11 is 0. The molecule has 6 aliphatic rings. The zero-order valence-electron chi connectivity index (χ0n) is 26.2. The molecule has 0 unspecified atom stereocenters. The number of rotatable bonds is 2. The average Bonchev–Trinajstić information content (AvgIpc) is 3.44. The molecule has 14 nitrogen and oxygen atoms in total. The average molecular weight is 666 g/mol. The van der Waals surface area contributed by atoms with Gasteiger partial charge in [0.2, 0.25) is 5.43 Å². The second kappa shape index (κ2) is 10.4. The number of fused-ring (bicyclic) bond motifs is 7. The number of carbonyl (C=O) groups is 1. The molecule has 0 spiro atoms. The summed E-state index contributed by atoms with van der Waals surface area (Å²) in [5.74, 6) is -1.39. The lowest BCUT2D eigenvalue weighted by atomic mass is 9.77. The molecule has 14 heteroatoms. The number of hydrogen-bond acceptors (Lipinski definition) is 13. The van der Waals surface area contributed by atoms with Crippen LogP contribution in [0.25, 0.3) is 22.1 Å². The van der Waals surface area contributed by atoms with Crippen molar-refractivity contribution >= 4 is 16.9 Å². The van der Waals surface area contributed by atoms with Crippen LogP contribution in [-0.2, 0) is 31.8 Å². The molecule has 0 saturated carbocycles. The highest BCUT2D eigenvalue weighted by Gasteiger charge is 2.49. The number of nitrogens with zero attached hydrogens (tertiary/aromatic N) is 1. The van der Waals surface area contributed by atoms with Gasteiger partial charge in [0.25, 0.3) is 5.91 Å². The van der Waals surface area contributed by atoms with Gasteiger partial charge in [0.1, 0.15) is 34.5 Å². The molecule has 1 amide bonds. The number of ether oxygens (including phenoxy) is 5. The van der Waals surface area contributed by atoms with Crippen molar-refractivity contribution in [1.82, 2.24) is 4.90 Å². The molecule has 0 bridgehead atoms. The highest BCUT2D eigenvalue weighted by molar-refractivity contribution is 6.06. The van der Waals surface area contributed by atoms with E-state index in [1.807, 2.05) is 13.0 Å². The van der Waals surface area contributed by atoms with Gasteiger partial charge in [0.15, 0.2) is 24.4 Å². The van der Waals surface area contributed by atoms with Crippen LogP contribution in [0, 0.1) is 0 Å². The van der Waals surface area contributed by atoms with Crippen molar-refractivity contribution in [3.8, 4) is 28.4 Å². The number of phenols is 2. The Bertz CT molecular complexity index is 1970. The first-order valence-electron chi connectivity index (χ1n) is 16.3. The van der Waals surface area contributed by atoms with Crippen molar-refractivity contribution in [2.45, 2.75) is 94.6 Å². The fourth-order valence-electron chi connectivity index (χ4n) is 8.51. The van der Waals surface area contributed by atoms with Crippen LogP contribution in [0.1, 0.15) is 89.8 Å². The lowest BCUT2D eigenvalue weighted by Gasteiger charge is -2.40. The number of carbonyl (C=O) groups excluding carboxylic acids is 1. The fraction of sp³-hybridized carbons (Fsp3) is 0.529. The minimum atomic E-state index is -1.48. The summed E-state index contributed by atoms with van der Waals surface area (Å²) in [6.45, 7) is 4.09.